The molecule has 1 heterocycles. The van der Waals surface area contributed by atoms with Gasteiger partial charge in [-0.2, -0.15) is 5.26 Å². The van der Waals surface area contributed by atoms with E-state index in [0.717, 1.165) is 0 Å². The lowest BCUT2D eigenvalue weighted by Gasteiger charge is -2.07. The minimum Gasteiger partial charge on any atom is -0.437 e. The monoisotopic (exact) mass is 279 g/mol. The summed E-state index contributed by atoms with van der Waals surface area (Å²) < 4.78 is 5.45. The predicted octanol–water partition coefficient (Wildman–Crippen LogP) is 3.63. The Hall–Kier alpha value is -1.96. The molecule has 0 aliphatic carbocycles. The molecule has 0 amide bonds. The van der Waals surface area contributed by atoms with Crippen molar-refractivity contribution >= 4 is 28.9 Å². The maximum atomic E-state index is 8.81. The van der Waals surface area contributed by atoms with Gasteiger partial charge in [-0.1, -0.05) is 23.2 Å². The first-order valence-corrected chi connectivity index (χ1v) is 5.65. The van der Waals surface area contributed by atoms with Crippen molar-refractivity contribution in [1.82, 2.24) is 4.98 Å². The van der Waals surface area contributed by atoms with Crippen LogP contribution >= 0.6 is 23.2 Å². The fraction of sp³-hybridized carbons (Fsp3) is 0. The van der Waals surface area contributed by atoms with Crippen LogP contribution in [-0.4, -0.2) is 4.98 Å². The summed E-state index contributed by atoms with van der Waals surface area (Å²) in [5.41, 5.74) is 5.97. The van der Waals surface area contributed by atoms with Gasteiger partial charge in [0.2, 0.25) is 5.88 Å². The molecule has 1 aromatic heterocycles. The second kappa shape index (κ2) is 5.13. The molecule has 0 bridgehead atoms. The average molecular weight is 280 g/mol. The highest BCUT2D eigenvalue weighted by Gasteiger charge is 2.07. The summed E-state index contributed by atoms with van der Waals surface area (Å²) in [7, 11) is 0. The third-order valence-corrected chi connectivity index (χ3v) is 2.65. The molecule has 0 aliphatic rings. The molecule has 6 heteroatoms. The number of hydrogen-bond donors (Lipinski definition) is 1. The van der Waals surface area contributed by atoms with Crippen LogP contribution in [0.4, 0.5) is 5.69 Å². The Balaban J connectivity index is 2.32. The molecule has 2 N–H and O–H groups in total. The van der Waals surface area contributed by atoms with E-state index in [1.807, 2.05) is 6.07 Å². The number of nitrogens with two attached hydrogens (primary N) is 1. The van der Waals surface area contributed by atoms with Crippen molar-refractivity contribution in [3.8, 4) is 17.7 Å². The zero-order valence-electron chi connectivity index (χ0n) is 9.02. The molecule has 90 valence electrons. The third-order valence-electron chi connectivity index (χ3n) is 2.12. The smallest absolute Gasteiger partial charge is 0.220 e. The fourth-order valence-electron chi connectivity index (χ4n) is 1.27. The molecule has 0 unspecified atom stereocenters. The number of benzene rings is 1. The Kier molecular flexibility index (Phi) is 3.56. The summed E-state index contributed by atoms with van der Waals surface area (Å²) in [5, 5.41) is 9.68. The number of aromatic nitrogens is 1. The molecule has 1 aromatic carbocycles. The second-order valence-electron chi connectivity index (χ2n) is 3.38. The quantitative estimate of drug-likeness (QED) is 0.911. The third kappa shape index (κ3) is 2.65. The van der Waals surface area contributed by atoms with E-state index in [0.29, 0.717) is 21.5 Å². The van der Waals surface area contributed by atoms with Crippen LogP contribution < -0.4 is 10.5 Å². The average Bonchev–Trinajstić information content (AvgIpc) is 2.35. The van der Waals surface area contributed by atoms with Gasteiger partial charge in [-0.15, -0.1) is 0 Å². The number of hydrogen-bond acceptors (Lipinski definition) is 4. The first-order chi connectivity index (χ1) is 8.60. The first-order valence-electron chi connectivity index (χ1n) is 4.89. The van der Waals surface area contributed by atoms with Crippen LogP contribution in [0.2, 0.25) is 10.0 Å². The van der Waals surface area contributed by atoms with Gasteiger partial charge in [-0.05, 0) is 24.3 Å². The maximum absolute atomic E-state index is 8.81. The van der Waals surface area contributed by atoms with Gasteiger partial charge in [0.25, 0.3) is 0 Å². The summed E-state index contributed by atoms with van der Waals surface area (Å²) in [6.07, 6.45) is 0. The Morgan fingerprint density at radius 1 is 1.22 bits per heavy atom. The highest BCUT2D eigenvalue weighted by molar-refractivity contribution is 6.35. The number of nitrogen functional groups attached to an aromatic ring is 1. The van der Waals surface area contributed by atoms with Crippen LogP contribution in [-0.2, 0) is 0 Å². The van der Waals surface area contributed by atoms with E-state index in [2.05, 4.69) is 4.98 Å². The molecule has 0 atom stereocenters. The van der Waals surface area contributed by atoms with E-state index in [9.17, 15) is 0 Å². The van der Waals surface area contributed by atoms with Gasteiger partial charge in [0.15, 0.2) is 5.69 Å². The molecule has 0 saturated carbocycles. The molecule has 0 fully saturated rings. The molecule has 0 aliphatic heterocycles. The number of halogens is 2. The summed E-state index contributed by atoms with van der Waals surface area (Å²) in [6.45, 7) is 0. The van der Waals surface area contributed by atoms with Gasteiger partial charge in [0.1, 0.15) is 11.8 Å². The molecule has 0 radical (unpaired) electrons. The van der Waals surface area contributed by atoms with Gasteiger partial charge >= 0.3 is 0 Å². The van der Waals surface area contributed by atoms with Crippen molar-refractivity contribution in [3.05, 3.63) is 46.1 Å². The highest BCUT2D eigenvalue weighted by atomic mass is 35.5. The van der Waals surface area contributed by atoms with Crippen LogP contribution in [0, 0.1) is 11.3 Å². The number of pyridine rings is 1. The van der Waals surface area contributed by atoms with Crippen LogP contribution in [0.25, 0.3) is 0 Å². The highest BCUT2D eigenvalue weighted by Crippen LogP contribution is 2.31. The van der Waals surface area contributed by atoms with Gasteiger partial charge < -0.3 is 10.5 Å². The molecular formula is C12H7Cl2N3O. The van der Waals surface area contributed by atoms with Gasteiger partial charge in [-0.25, -0.2) is 4.98 Å². The first kappa shape index (κ1) is 12.5. The largest absolute Gasteiger partial charge is 0.437 e. The summed E-state index contributed by atoms with van der Waals surface area (Å²) in [6, 6.07) is 9.80. The van der Waals surface area contributed by atoms with Crippen LogP contribution in [0.3, 0.4) is 0 Å². The van der Waals surface area contributed by atoms with E-state index in [1.54, 1.807) is 30.3 Å². The summed E-state index contributed by atoms with van der Waals surface area (Å²) in [5.74, 6) is 0.646. The van der Waals surface area contributed by atoms with Crippen LogP contribution in [0.1, 0.15) is 5.69 Å². The lowest BCUT2D eigenvalue weighted by molar-refractivity contribution is 0.463. The van der Waals surface area contributed by atoms with Gasteiger partial charge in [-0.3, -0.25) is 0 Å². The fourth-order valence-corrected chi connectivity index (χ4v) is 1.72. The zero-order chi connectivity index (χ0) is 13.1. The van der Waals surface area contributed by atoms with Gasteiger partial charge in [0.05, 0.1) is 10.7 Å². The van der Waals surface area contributed by atoms with Crippen molar-refractivity contribution < 1.29 is 4.74 Å². The van der Waals surface area contributed by atoms with Crippen molar-refractivity contribution in [1.29, 1.82) is 5.26 Å². The summed E-state index contributed by atoms with van der Waals surface area (Å²) >= 11 is 11.7. The van der Waals surface area contributed by atoms with E-state index in [1.165, 1.54) is 0 Å². The second-order valence-corrected chi connectivity index (χ2v) is 4.22. The topological polar surface area (TPSA) is 71.9 Å². The Morgan fingerprint density at radius 2 is 2.00 bits per heavy atom. The molecular weight excluding hydrogens is 273 g/mol. The molecule has 0 spiro atoms. The Morgan fingerprint density at radius 3 is 2.67 bits per heavy atom. The number of ether oxygens (including phenoxy) is 1. The lowest BCUT2D eigenvalue weighted by atomic mass is 10.3. The molecule has 18 heavy (non-hydrogen) atoms. The molecule has 4 nitrogen and oxygen atoms in total. The van der Waals surface area contributed by atoms with Crippen molar-refractivity contribution in [2.24, 2.45) is 0 Å². The van der Waals surface area contributed by atoms with Crippen molar-refractivity contribution in [3.63, 3.8) is 0 Å². The SMILES string of the molecule is N#Cc1nc(Oc2ccc(Cl)cc2Cl)ccc1N. The zero-order valence-corrected chi connectivity index (χ0v) is 10.5. The molecule has 2 rings (SSSR count). The van der Waals surface area contributed by atoms with E-state index in [-0.39, 0.29) is 11.6 Å². The van der Waals surface area contributed by atoms with E-state index in [4.69, 9.17) is 38.9 Å². The van der Waals surface area contributed by atoms with Crippen LogP contribution in [0.5, 0.6) is 11.6 Å². The Labute approximate surface area is 114 Å². The standard InChI is InChI=1S/C12H7Cl2N3O/c13-7-1-3-11(8(14)5-7)18-12-4-2-9(16)10(6-15)17-12/h1-5H,16H2. The summed E-state index contributed by atoms with van der Waals surface area (Å²) in [4.78, 5) is 3.95. The van der Waals surface area contributed by atoms with Crippen molar-refractivity contribution in [2.45, 2.75) is 0 Å². The van der Waals surface area contributed by atoms with Crippen LogP contribution in [0.15, 0.2) is 30.3 Å². The minimum atomic E-state index is 0.109. The number of nitrogens with zero attached hydrogens (tertiary/aromatic N) is 2. The Bertz CT molecular complexity index is 638. The maximum Gasteiger partial charge on any atom is 0.220 e. The van der Waals surface area contributed by atoms with Crippen molar-refractivity contribution in [2.75, 3.05) is 5.73 Å². The number of nitriles is 1. The normalized spacial score (nSPS) is 9.83. The predicted molar refractivity (Wildman–Crippen MR) is 69.9 cm³/mol. The van der Waals surface area contributed by atoms with Gasteiger partial charge in [0, 0.05) is 11.1 Å². The lowest BCUT2D eigenvalue weighted by Crippen LogP contribution is -1.96. The number of rotatable bonds is 2. The molecule has 2 aromatic rings. The van der Waals surface area contributed by atoms with E-state index >= 15 is 0 Å². The molecule has 0 saturated heterocycles. The number of anilines is 1. The van der Waals surface area contributed by atoms with E-state index < -0.39 is 0 Å². The minimum absolute atomic E-state index is 0.109.